The monoisotopic (exact) mass is 238 g/mol. The molecule has 0 fully saturated rings. The zero-order valence-electron chi connectivity index (χ0n) is 10.7. The van der Waals surface area contributed by atoms with Gasteiger partial charge in [0, 0.05) is 6.54 Å². The lowest BCUT2D eigenvalue weighted by molar-refractivity contribution is 0.339. The second-order valence-electron chi connectivity index (χ2n) is 3.86. The molecule has 1 aromatic rings. The van der Waals surface area contributed by atoms with Gasteiger partial charge in [-0.2, -0.15) is 4.98 Å². The van der Waals surface area contributed by atoms with Crippen LogP contribution in [0, 0.1) is 0 Å². The van der Waals surface area contributed by atoms with Crippen molar-refractivity contribution >= 4 is 11.8 Å². The van der Waals surface area contributed by atoms with E-state index in [1.165, 1.54) is 19.3 Å². The van der Waals surface area contributed by atoms with Crippen LogP contribution in [0.4, 0.5) is 11.8 Å². The quantitative estimate of drug-likeness (QED) is 0.680. The lowest BCUT2D eigenvalue weighted by Gasteiger charge is -2.11. The van der Waals surface area contributed by atoms with E-state index >= 15 is 0 Å². The fourth-order valence-corrected chi connectivity index (χ4v) is 1.53. The molecule has 96 valence electrons. The highest BCUT2D eigenvalue weighted by Crippen LogP contribution is 2.21. The van der Waals surface area contributed by atoms with E-state index in [0.717, 1.165) is 13.0 Å². The van der Waals surface area contributed by atoms with Gasteiger partial charge in [0.2, 0.25) is 5.95 Å². The molecule has 0 saturated carbocycles. The van der Waals surface area contributed by atoms with Crippen LogP contribution in [-0.4, -0.2) is 23.1 Å². The molecule has 5 heteroatoms. The molecule has 0 atom stereocenters. The normalized spacial score (nSPS) is 10.2. The van der Waals surface area contributed by atoms with Crippen LogP contribution in [0.25, 0.3) is 0 Å². The number of rotatable bonds is 8. The number of hydrogen-bond acceptors (Lipinski definition) is 5. The Hall–Kier alpha value is -1.52. The number of hydrogen-bond donors (Lipinski definition) is 2. The third-order valence-electron chi connectivity index (χ3n) is 2.40. The average molecular weight is 238 g/mol. The first-order chi connectivity index (χ1) is 8.27. The van der Waals surface area contributed by atoms with Gasteiger partial charge in [0.15, 0.2) is 11.6 Å². The topological polar surface area (TPSA) is 73.1 Å². The first-order valence-corrected chi connectivity index (χ1v) is 6.27. The molecule has 0 spiro atoms. The van der Waals surface area contributed by atoms with Gasteiger partial charge < -0.3 is 15.8 Å². The van der Waals surface area contributed by atoms with Crippen LogP contribution in [0.15, 0.2) is 6.20 Å². The van der Waals surface area contributed by atoms with E-state index in [1.54, 1.807) is 6.20 Å². The molecule has 0 radical (unpaired) electrons. The Bertz CT molecular complexity index is 330. The van der Waals surface area contributed by atoms with E-state index < -0.39 is 0 Å². The van der Waals surface area contributed by atoms with E-state index in [1.807, 2.05) is 6.92 Å². The zero-order valence-corrected chi connectivity index (χ0v) is 10.7. The summed E-state index contributed by atoms with van der Waals surface area (Å²) in [6.45, 7) is 5.61. The van der Waals surface area contributed by atoms with Crippen molar-refractivity contribution in [2.45, 2.75) is 39.5 Å². The van der Waals surface area contributed by atoms with E-state index in [0.29, 0.717) is 18.2 Å². The Morgan fingerprint density at radius 2 is 2.12 bits per heavy atom. The summed E-state index contributed by atoms with van der Waals surface area (Å²) >= 11 is 0. The van der Waals surface area contributed by atoms with E-state index in [-0.39, 0.29) is 5.95 Å². The molecule has 0 bridgehead atoms. The van der Waals surface area contributed by atoms with Crippen LogP contribution < -0.4 is 15.8 Å². The molecule has 0 aromatic carbocycles. The summed E-state index contributed by atoms with van der Waals surface area (Å²) in [5, 5.41) is 3.24. The molecule has 1 aromatic heterocycles. The van der Waals surface area contributed by atoms with Crippen LogP contribution >= 0.6 is 0 Å². The Morgan fingerprint density at radius 3 is 2.82 bits per heavy atom. The molecule has 0 aliphatic heterocycles. The van der Waals surface area contributed by atoms with Crippen LogP contribution in [0.3, 0.4) is 0 Å². The van der Waals surface area contributed by atoms with Gasteiger partial charge >= 0.3 is 0 Å². The second-order valence-corrected chi connectivity index (χ2v) is 3.86. The summed E-state index contributed by atoms with van der Waals surface area (Å²) in [5.74, 6) is 1.62. The summed E-state index contributed by atoms with van der Waals surface area (Å²) in [7, 11) is 0. The van der Waals surface area contributed by atoms with Gasteiger partial charge in [0.1, 0.15) is 0 Å². The molecule has 0 saturated heterocycles. The summed E-state index contributed by atoms with van der Waals surface area (Å²) in [6.07, 6.45) is 6.48. The molecule has 1 heterocycles. The van der Waals surface area contributed by atoms with Crippen molar-refractivity contribution < 1.29 is 4.74 Å². The third kappa shape index (κ3) is 4.89. The Balaban J connectivity index is 2.47. The van der Waals surface area contributed by atoms with Gasteiger partial charge in [-0.05, 0) is 13.3 Å². The molecular formula is C12H22N4O. The SMILES string of the molecule is CCCCCCNc1nc(N)ncc1OCC. The minimum absolute atomic E-state index is 0.268. The van der Waals surface area contributed by atoms with Gasteiger partial charge in [0.05, 0.1) is 12.8 Å². The van der Waals surface area contributed by atoms with Crippen LogP contribution in [0.5, 0.6) is 5.75 Å². The van der Waals surface area contributed by atoms with Gasteiger partial charge in [0.25, 0.3) is 0 Å². The molecule has 17 heavy (non-hydrogen) atoms. The third-order valence-corrected chi connectivity index (χ3v) is 2.40. The van der Waals surface area contributed by atoms with Crippen LogP contribution in [0.1, 0.15) is 39.5 Å². The van der Waals surface area contributed by atoms with Crippen molar-refractivity contribution in [3.8, 4) is 5.75 Å². The van der Waals surface area contributed by atoms with Crippen molar-refractivity contribution in [2.24, 2.45) is 0 Å². The summed E-state index contributed by atoms with van der Waals surface area (Å²) in [5.41, 5.74) is 5.56. The van der Waals surface area contributed by atoms with E-state index in [2.05, 4.69) is 22.2 Å². The minimum atomic E-state index is 0.268. The number of nitrogens with two attached hydrogens (primary N) is 1. The smallest absolute Gasteiger partial charge is 0.222 e. The standard InChI is InChI=1S/C12H22N4O/c1-3-5-6-7-8-14-11-10(17-4-2)9-15-12(13)16-11/h9H,3-8H2,1-2H3,(H3,13,14,15,16). The zero-order chi connectivity index (χ0) is 12.5. The van der Waals surface area contributed by atoms with E-state index in [9.17, 15) is 0 Å². The molecule has 1 rings (SSSR count). The second kappa shape index (κ2) is 7.70. The highest BCUT2D eigenvalue weighted by atomic mass is 16.5. The molecule has 0 amide bonds. The fraction of sp³-hybridized carbons (Fsp3) is 0.667. The first-order valence-electron chi connectivity index (χ1n) is 6.27. The highest BCUT2D eigenvalue weighted by molar-refractivity contribution is 5.51. The molecule has 0 aliphatic rings. The van der Waals surface area contributed by atoms with Crippen molar-refractivity contribution in [1.29, 1.82) is 0 Å². The maximum Gasteiger partial charge on any atom is 0.222 e. The van der Waals surface area contributed by atoms with Crippen LogP contribution in [0.2, 0.25) is 0 Å². The number of anilines is 2. The molecule has 5 nitrogen and oxygen atoms in total. The Kier molecular flexibility index (Phi) is 6.14. The Labute approximate surface area is 103 Å². The fourth-order valence-electron chi connectivity index (χ4n) is 1.53. The van der Waals surface area contributed by atoms with Gasteiger partial charge in [-0.1, -0.05) is 26.2 Å². The number of nitrogens with zero attached hydrogens (tertiary/aromatic N) is 2. The largest absolute Gasteiger partial charge is 0.488 e. The lowest BCUT2D eigenvalue weighted by Crippen LogP contribution is -2.08. The first kappa shape index (κ1) is 13.5. The summed E-state index contributed by atoms with van der Waals surface area (Å²) in [6, 6.07) is 0. The number of ether oxygens (including phenoxy) is 1. The van der Waals surface area contributed by atoms with Crippen molar-refractivity contribution in [1.82, 2.24) is 9.97 Å². The maximum atomic E-state index is 5.56. The van der Waals surface area contributed by atoms with Crippen molar-refractivity contribution in [3.63, 3.8) is 0 Å². The van der Waals surface area contributed by atoms with Gasteiger partial charge in [-0.25, -0.2) is 4.98 Å². The van der Waals surface area contributed by atoms with E-state index in [4.69, 9.17) is 10.5 Å². The Morgan fingerprint density at radius 1 is 1.29 bits per heavy atom. The molecular weight excluding hydrogens is 216 g/mol. The predicted octanol–water partition coefficient (Wildman–Crippen LogP) is 2.45. The predicted molar refractivity (Wildman–Crippen MR) is 70.2 cm³/mol. The summed E-state index contributed by atoms with van der Waals surface area (Å²) < 4.78 is 5.43. The number of nitrogens with one attached hydrogen (secondary N) is 1. The number of unbranched alkanes of at least 4 members (excludes halogenated alkanes) is 3. The highest BCUT2D eigenvalue weighted by Gasteiger charge is 2.05. The van der Waals surface area contributed by atoms with Crippen molar-refractivity contribution in [2.75, 3.05) is 24.2 Å². The van der Waals surface area contributed by atoms with Crippen LogP contribution in [-0.2, 0) is 0 Å². The number of aromatic nitrogens is 2. The molecule has 3 N–H and O–H groups in total. The van der Waals surface area contributed by atoms with Crippen molar-refractivity contribution in [3.05, 3.63) is 6.20 Å². The number of nitrogen functional groups attached to an aromatic ring is 1. The van der Waals surface area contributed by atoms with Gasteiger partial charge in [-0.3, -0.25) is 0 Å². The molecule has 0 aliphatic carbocycles. The minimum Gasteiger partial charge on any atom is -0.488 e. The summed E-state index contributed by atoms with van der Waals surface area (Å²) in [4.78, 5) is 8.06. The average Bonchev–Trinajstić information content (AvgIpc) is 2.32. The molecule has 0 unspecified atom stereocenters. The lowest BCUT2D eigenvalue weighted by atomic mass is 10.2. The van der Waals surface area contributed by atoms with Gasteiger partial charge in [-0.15, -0.1) is 0 Å². The maximum absolute atomic E-state index is 5.56.